The molecule has 4 rings (SSSR count). The van der Waals surface area contributed by atoms with Crippen LogP contribution in [0.4, 0.5) is 0 Å². The van der Waals surface area contributed by atoms with Crippen LogP contribution in [0.25, 0.3) is 16.5 Å². The van der Waals surface area contributed by atoms with Gasteiger partial charge in [0.15, 0.2) is 11.6 Å². The number of hydrogen-bond donors (Lipinski definition) is 2. The van der Waals surface area contributed by atoms with Gasteiger partial charge < -0.3 is 14.7 Å². The Balaban J connectivity index is 1.54. The normalized spacial score (nSPS) is 15.7. The number of fused-ring (bicyclic) bond motifs is 1. The first-order valence-electron chi connectivity index (χ1n) is 10.6. The second kappa shape index (κ2) is 8.19. The molecule has 0 aliphatic carbocycles. The lowest BCUT2D eigenvalue weighted by molar-refractivity contribution is 0.0846. The molecule has 1 unspecified atom stereocenters. The highest BCUT2D eigenvalue weighted by Crippen LogP contribution is 2.32. The second-order valence-corrected chi connectivity index (χ2v) is 8.31. The highest BCUT2D eigenvalue weighted by Gasteiger charge is 2.28. The number of H-pyrrole nitrogens is 2. The molecule has 1 aliphatic heterocycles. The highest BCUT2D eigenvalue weighted by molar-refractivity contribution is 6.05. The number of rotatable bonds is 6. The first-order valence-corrected chi connectivity index (χ1v) is 10.6. The Morgan fingerprint density at radius 3 is 2.61 bits per heavy atom. The predicted octanol–water partition coefficient (Wildman–Crippen LogP) is 4.68. The third-order valence-corrected chi connectivity index (χ3v) is 6.44. The molecule has 1 atom stereocenters. The molecule has 162 valence electrons. The summed E-state index contributed by atoms with van der Waals surface area (Å²) in [6.45, 7) is 8.68. The van der Waals surface area contributed by atoms with Crippen LogP contribution in [0.5, 0.6) is 5.75 Å². The molecule has 0 bridgehead atoms. The minimum absolute atomic E-state index is 0.0149. The number of benzene rings is 1. The van der Waals surface area contributed by atoms with Crippen molar-refractivity contribution in [2.45, 2.75) is 40.2 Å². The van der Waals surface area contributed by atoms with Gasteiger partial charge in [-0.05, 0) is 63.5 Å². The van der Waals surface area contributed by atoms with Crippen molar-refractivity contribution in [3.8, 4) is 5.75 Å². The van der Waals surface area contributed by atoms with Crippen LogP contribution in [-0.4, -0.2) is 52.7 Å². The molecule has 31 heavy (non-hydrogen) atoms. The molecule has 0 spiro atoms. The van der Waals surface area contributed by atoms with E-state index in [0.29, 0.717) is 17.8 Å². The van der Waals surface area contributed by atoms with Gasteiger partial charge in [-0.15, -0.1) is 0 Å². The van der Waals surface area contributed by atoms with E-state index in [4.69, 9.17) is 4.74 Å². The first kappa shape index (κ1) is 21.1. The Labute approximate surface area is 182 Å². The number of ether oxygens (including phenoxy) is 1. The Kier molecular flexibility index (Phi) is 5.58. The third-order valence-electron chi connectivity index (χ3n) is 6.44. The van der Waals surface area contributed by atoms with Crippen LogP contribution in [0.2, 0.25) is 0 Å². The quantitative estimate of drug-likeness (QED) is 0.569. The lowest BCUT2D eigenvalue weighted by atomic mass is 9.96. The smallest absolute Gasteiger partial charge is 0.196 e. The van der Waals surface area contributed by atoms with Gasteiger partial charge in [0.25, 0.3) is 0 Å². The van der Waals surface area contributed by atoms with E-state index in [9.17, 15) is 9.59 Å². The summed E-state index contributed by atoms with van der Waals surface area (Å²) in [6, 6.07) is 5.78. The molecule has 2 N–H and O–H groups in total. The summed E-state index contributed by atoms with van der Waals surface area (Å²) >= 11 is 0. The number of carbonyl (C=O) groups excluding carboxylic acids is 2. The number of Topliss-reactive ketones (excluding diaryl/α,β-unsaturated/α-hetero) is 2. The van der Waals surface area contributed by atoms with Crippen molar-refractivity contribution in [3.63, 3.8) is 0 Å². The standard InChI is InChI=1S/C25H29N3O3/c1-14-23(17(4)29)15(2)27-24(14)25(30)16(3)28-10-8-18(9-11-28)21-13-26-22-7-6-19(31-5)12-20(21)22/h6-8,12-13,16,26-27H,9-11H2,1-5H3. The van der Waals surface area contributed by atoms with Crippen molar-refractivity contribution < 1.29 is 14.3 Å². The molecule has 1 aromatic carbocycles. The molecule has 0 fully saturated rings. The minimum Gasteiger partial charge on any atom is -0.497 e. The van der Waals surface area contributed by atoms with Crippen molar-refractivity contribution >= 4 is 28.0 Å². The molecule has 1 aliphatic rings. The fourth-order valence-electron chi connectivity index (χ4n) is 4.67. The summed E-state index contributed by atoms with van der Waals surface area (Å²) < 4.78 is 5.38. The van der Waals surface area contributed by atoms with Gasteiger partial charge >= 0.3 is 0 Å². The summed E-state index contributed by atoms with van der Waals surface area (Å²) in [5.41, 5.74) is 6.25. The van der Waals surface area contributed by atoms with E-state index in [0.717, 1.165) is 40.9 Å². The van der Waals surface area contributed by atoms with Gasteiger partial charge in [-0.3, -0.25) is 14.5 Å². The van der Waals surface area contributed by atoms with E-state index in [1.165, 1.54) is 18.1 Å². The van der Waals surface area contributed by atoms with Gasteiger partial charge in [0, 0.05) is 47.0 Å². The number of aryl methyl sites for hydroxylation is 1. The topological polar surface area (TPSA) is 78.2 Å². The zero-order valence-electron chi connectivity index (χ0n) is 18.8. The molecule has 6 nitrogen and oxygen atoms in total. The zero-order valence-corrected chi connectivity index (χ0v) is 18.8. The molecule has 2 aromatic heterocycles. The number of methoxy groups -OCH3 is 1. The molecular formula is C25H29N3O3. The van der Waals surface area contributed by atoms with E-state index < -0.39 is 0 Å². The Hall–Kier alpha value is -3.12. The first-order chi connectivity index (χ1) is 14.8. The minimum atomic E-state index is -0.266. The lowest BCUT2D eigenvalue weighted by Gasteiger charge is -2.31. The average Bonchev–Trinajstić information content (AvgIpc) is 3.32. The number of hydrogen-bond acceptors (Lipinski definition) is 4. The number of nitrogens with zero attached hydrogens (tertiary/aromatic N) is 1. The molecule has 0 saturated carbocycles. The second-order valence-electron chi connectivity index (χ2n) is 8.31. The van der Waals surface area contributed by atoms with E-state index in [1.54, 1.807) is 7.11 Å². The molecule has 3 aromatic rings. The number of nitrogens with one attached hydrogen (secondary N) is 2. The van der Waals surface area contributed by atoms with Crippen LogP contribution in [-0.2, 0) is 0 Å². The summed E-state index contributed by atoms with van der Waals surface area (Å²) in [5, 5.41) is 1.15. The Bertz CT molecular complexity index is 1200. The van der Waals surface area contributed by atoms with Gasteiger partial charge in [-0.25, -0.2) is 0 Å². The molecule has 0 saturated heterocycles. The molecule has 0 amide bonds. The van der Waals surface area contributed by atoms with Crippen molar-refractivity contribution in [2.24, 2.45) is 0 Å². The Morgan fingerprint density at radius 2 is 2.00 bits per heavy atom. The van der Waals surface area contributed by atoms with E-state index >= 15 is 0 Å². The van der Waals surface area contributed by atoms with E-state index in [2.05, 4.69) is 33.2 Å². The summed E-state index contributed by atoms with van der Waals surface area (Å²) in [7, 11) is 1.68. The fraction of sp³-hybridized carbons (Fsp3) is 0.360. The van der Waals surface area contributed by atoms with Gasteiger partial charge in [0.2, 0.25) is 0 Å². The van der Waals surface area contributed by atoms with Crippen LogP contribution in [0.1, 0.15) is 57.9 Å². The maximum Gasteiger partial charge on any atom is 0.196 e. The van der Waals surface area contributed by atoms with Crippen LogP contribution in [0.15, 0.2) is 30.5 Å². The molecule has 0 radical (unpaired) electrons. The van der Waals surface area contributed by atoms with Crippen molar-refractivity contribution in [3.05, 3.63) is 58.6 Å². The molecule has 3 heterocycles. The predicted molar refractivity (Wildman–Crippen MR) is 123 cm³/mol. The summed E-state index contributed by atoms with van der Waals surface area (Å²) in [4.78, 5) is 33.8. The lowest BCUT2D eigenvalue weighted by Crippen LogP contribution is -2.41. The SMILES string of the molecule is COc1ccc2[nH]cc(C3=CCN(C(C)C(=O)c4[nH]c(C)c(C(C)=O)c4C)CC3)c2c1. The third kappa shape index (κ3) is 3.72. The zero-order chi connectivity index (χ0) is 22.3. The maximum absolute atomic E-state index is 13.2. The van der Waals surface area contributed by atoms with Crippen LogP contribution in [0, 0.1) is 13.8 Å². The molecule has 6 heteroatoms. The van der Waals surface area contributed by atoms with Gasteiger partial charge in [0.05, 0.1) is 18.8 Å². The van der Waals surface area contributed by atoms with Crippen LogP contribution < -0.4 is 4.74 Å². The fourth-order valence-corrected chi connectivity index (χ4v) is 4.67. The molecular weight excluding hydrogens is 390 g/mol. The number of ketones is 2. The van der Waals surface area contributed by atoms with E-state index in [-0.39, 0.29) is 17.6 Å². The van der Waals surface area contributed by atoms with Crippen molar-refractivity contribution in [1.82, 2.24) is 14.9 Å². The van der Waals surface area contributed by atoms with Gasteiger partial charge in [-0.2, -0.15) is 0 Å². The monoisotopic (exact) mass is 419 g/mol. The summed E-state index contributed by atoms with van der Waals surface area (Å²) in [6.07, 6.45) is 5.13. The van der Waals surface area contributed by atoms with Crippen LogP contribution >= 0.6 is 0 Å². The Morgan fingerprint density at radius 1 is 1.23 bits per heavy atom. The van der Waals surface area contributed by atoms with Gasteiger partial charge in [-0.1, -0.05) is 6.08 Å². The maximum atomic E-state index is 13.2. The van der Waals surface area contributed by atoms with Crippen molar-refractivity contribution in [2.75, 3.05) is 20.2 Å². The van der Waals surface area contributed by atoms with Crippen molar-refractivity contribution in [1.29, 1.82) is 0 Å². The number of aromatic nitrogens is 2. The van der Waals surface area contributed by atoms with E-state index in [1.807, 2.05) is 32.9 Å². The largest absolute Gasteiger partial charge is 0.497 e. The summed E-state index contributed by atoms with van der Waals surface area (Å²) in [5.74, 6) is 0.854. The highest BCUT2D eigenvalue weighted by atomic mass is 16.5. The van der Waals surface area contributed by atoms with Crippen LogP contribution in [0.3, 0.4) is 0 Å². The number of carbonyl (C=O) groups is 2. The number of aromatic amines is 2. The average molecular weight is 420 g/mol. The van der Waals surface area contributed by atoms with Gasteiger partial charge in [0.1, 0.15) is 5.75 Å².